The standard InChI is InChI=1S/C12H9Br2N3O3S/c1-21(19,20)12-15-6-8(14)10(17-12)11(18)16-9-5-3-2-4-7(9)13/h2-6H,1H3,(H,16,18). The molecule has 2 aromatic rings. The lowest BCUT2D eigenvalue weighted by atomic mass is 10.3. The smallest absolute Gasteiger partial charge is 0.275 e. The Bertz CT molecular complexity index is 809. The summed E-state index contributed by atoms with van der Waals surface area (Å²) in [4.78, 5) is 19.7. The van der Waals surface area contributed by atoms with Gasteiger partial charge >= 0.3 is 0 Å². The van der Waals surface area contributed by atoms with Crippen LogP contribution in [0.4, 0.5) is 5.69 Å². The fraction of sp³-hybridized carbons (Fsp3) is 0.0833. The quantitative estimate of drug-likeness (QED) is 0.750. The van der Waals surface area contributed by atoms with Gasteiger partial charge in [0.05, 0.1) is 10.2 Å². The van der Waals surface area contributed by atoms with Gasteiger partial charge in [0.25, 0.3) is 5.91 Å². The summed E-state index contributed by atoms with van der Waals surface area (Å²) in [6.07, 6.45) is 2.21. The van der Waals surface area contributed by atoms with Gasteiger partial charge in [-0.05, 0) is 44.0 Å². The van der Waals surface area contributed by atoms with E-state index >= 15 is 0 Å². The third-order valence-electron chi connectivity index (χ3n) is 2.39. The number of nitrogens with zero attached hydrogens (tertiary/aromatic N) is 2. The first-order valence-electron chi connectivity index (χ1n) is 5.57. The molecule has 6 nitrogen and oxygen atoms in total. The number of rotatable bonds is 3. The van der Waals surface area contributed by atoms with Crippen LogP contribution in [0.2, 0.25) is 0 Å². The topological polar surface area (TPSA) is 89.0 Å². The largest absolute Gasteiger partial charge is 0.320 e. The molecule has 110 valence electrons. The van der Waals surface area contributed by atoms with Crippen molar-refractivity contribution in [2.45, 2.75) is 5.16 Å². The van der Waals surface area contributed by atoms with Crippen molar-refractivity contribution < 1.29 is 13.2 Å². The first kappa shape index (κ1) is 16.1. The summed E-state index contributed by atoms with van der Waals surface area (Å²) in [5.74, 6) is -0.541. The molecule has 2 rings (SSSR count). The molecule has 0 bridgehead atoms. The SMILES string of the molecule is CS(=O)(=O)c1ncc(Br)c(C(=O)Nc2ccccc2Br)n1. The van der Waals surface area contributed by atoms with Crippen LogP contribution in [0.5, 0.6) is 0 Å². The lowest BCUT2D eigenvalue weighted by molar-refractivity contribution is 0.102. The van der Waals surface area contributed by atoms with E-state index in [4.69, 9.17) is 0 Å². The van der Waals surface area contributed by atoms with Crippen LogP contribution >= 0.6 is 31.9 Å². The Labute approximate surface area is 138 Å². The van der Waals surface area contributed by atoms with Crippen molar-refractivity contribution in [2.24, 2.45) is 0 Å². The first-order chi connectivity index (χ1) is 9.79. The van der Waals surface area contributed by atoms with E-state index in [1.54, 1.807) is 18.2 Å². The molecular formula is C12H9Br2N3O3S. The summed E-state index contributed by atoms with van der Waals surface area (Å²) in [5.41, 5.74) is 0.495. The number of anilines is 1. The molecular weight excluding hydrogens is 426 g/mol. The summed E-state index contributed by atoms with van der Waals surface area (Å²) in [7, 11) is -3.59. The second-order valence-electron chi connectivity index (χ2n) is 4.06. The number of benzene rings is 1. The van der Waals surface area contributed by atoms with Crippen molar-refractivity contribution in [3.05, 3.63) is 45.1 Å². The van der Waals surface area contributed by atoms with Crippen molar-refractivity contribution >= 4 is 53.3 Å². The van der Waals surface area contributed by atoms with E-state index in [0.29, 0.717) is 14.6 Å². The second-order valence-corrected chi connectivity index (χ2v) is 7.67. The Kier molecular flexibility index (Phi) is 4.74. The summed E-state index contributed by atoms with van der Waals surface area (Å²) >= 11 is 6.44. The molecule has 1 aromatic heterocycles. The maximum absolute atomic E-state index is 12.2. The van der Waals surface area contributed by atoms with Gasteiger partial charge in [-0.2, -0.15) is 0 Å². The van der Waals surface area contributed by atoms with Gasteiger partial charge in [0.15, 0.2) is 0 Å². The maximum atomic E-state index is 12.2. The summed E-state index contributed by atoms with van der Waals surface area (Å²) in [6.45, 7) is 0. The number of hydrogen-bond acceptors (Lipinski definition) is 5. The Morgan fingerprint density at radius 2 is 1.86 bits per heavy atom. The molecule has 21 heavy (non-hydrogen) atoms. The Hall–Kier alpha value is -1.32. The summed E-state index contributed by atoms with van der Waals surface area (Å²) < 4.78 is 23.9. The molecule has 0 aliphatic rings. The van der Waals surface area contributed by atoms with Crippen molar-refractivity contribution in [1.82, 2.24) is 9.97 Å². The highest BCUT2D eigenvalue weighted by atomic mass is 79.9. The molecule has 0 saturated carbocycles. The minimum atomic E-state index is -3.59. The fourth-order valence-electron chi connectivity index (χ4n) is 1.43. The molecule has 0 spiro atoms. The van der Waals surface area contributed by atoms with Gasteiger partial charge in [0.2, 0.25) is 15.0 Å². The third kappa shape index (κ3) is 3.86. The van der Waals surface area contributed by atoms with E-state index in [1.165, 1.54) is 6.20 Å². The average molecular weight is 435 g/mol. The van der Waals surface area contributed by atoms with Crippen LogP contribution in [0.25, 0.3) is 0 Å². The van der Waals surface area contributed by atoms with Gasteiger partial charge in [0.1, 0.15) is 5.69 Å². The maximum Gasteiger partial charge on any atom is 0.275 e. The van der Waals surface area contributed by atoms with E-state index in [1.807, 2.05) is 6.07 Å². The van der Waals surface area contributed by atoms with Gasteiger partial charge in [-0.3, -0.25) is 4.79 Å². The van der Waals surface area contributed by atoms with Crippen LogP contribution in [0.3, 0.4) is 0 Å². The third-order valence-corrected chi connectivity index (χ3v) is 4.52. The van der Waals surface area contributed by atoms with Crippen LogP contribution in [0, 0.1) is 0 Å². The zero-order valence-electron chi connectivity index (χ0n) is 10.7. The predicted molar refractivity (Wildman–Crippen MR) is 84.9 cm³/mol. The summed E-state index contributed by atoms with van der Waals surface area (Å²) in [6, 6.07) is 7.04. The Morgan fingerprint density at radius 1 is 1.19 bits per heavy atom. The highest BCUT2D eigenvalue weighted by molar-refractivity contribution is 9.11. The van der Waals surface area contributed by atoms with E-state index < -0.39 is 20.9 Å². The molecule has 0 radical (unpaired) electrons. The normalized spacial score (nSPS) is 11.2. The van der Waals surface area contributed by atoms with E-state index in [0.717, 1.165) is 6.26 Å². The van der Waals surface area contributed by atoms with Crippen LogP contribution in [0.15, 0.2) is 44.6 Å². The monoisotopic (exact) mass is 433 g/mol. The molecule has 0 aliphatic heterocycles. The predicted octanol–water partition coefficient (Wildman–Crippen LogP) is 2.66. The molecule has 0 saturated heterocycles. The lowest BCUT2D eigenvalue weighted by Gasteiger charge is -2.08. The van der Waals surface area contributed by atoms with Crippen molar-refractivity contribution in [2.75, 3.05) is 11.6 Å². The van der Waals surface area contributed by atoms with E-state index in [2.05, 4.69) is 47.1 Å². The summed E-state index contributed by atoms with van der Waals surface area (Å²) in [5, 5.41) is 2.25. The molecule has 0 unspecified atom stereocenters. The van der Waals surface area contributed by atoms with Crippen LogP contribution in [-0.2, 0) is 9.84 Å². The van der Waals surface area contributed by atoms with Gasteiger partial charge < -0.3 is 5.32 Å². The second kappa shape index (κ2) is 6.20. The number of amides is 1. The van der Waals surface area contributed by atoms with Gasteiger partial charge in [0, 0.05) is 16.9 Å². The van der Waals surface area contributed by atoms with E-state index in [-0.39, 0.29) is 5.69 Å². The Balaban J connectivity index is 2.38. The molecule has 0 aliphatic carbocycles. The molecule has 0 fully saturated rings. The molecule has 9 heteroatoms. The highest BCUT2D eigenvalue weighted by Crippen LogP contribution is 2.23. The first-order valence-corrected chi connectivity index (χ1v) is 9.05. The average Bonchev–Trinajstić information content (AvgIpc) is 2.40. The van der Waals surface area contributed by atoms with Gasteiger partial charge in [-0.25, -0.2) is 18.4 Å². The molecule has 1 heterocycles. The number of carbonyl (C=O) groups is 1. The minimum absolute atomic E-state index is 0.0545. The number of carbonyl (C=O) groups excluding carboxylic acids is 1. The van der Waals surface area contributed by atoms with Gasteiger partial charge in [-0.1, -0.05) is 12.1 Å². The van der Waals surface area contributed by atoms with Crippen LogP contribution in [0.1, 0.15) is 10.5 Å². The zero-order chi connectivity index (χ0) is 15.6. The lowest BCUT2D eigenvalue weighted by Crippen LogP contribution is -2.17. The number of para-hydroxylation sites is 1. The highest BCUT2D eigenvalue weighted by Gasteiger charge is 2.19. The van der Waals surface area contributed by atoms with Crippen molar-refractivity contribution in [3.8, 4) is 0 Å². The molecule has 0 atom stereocenters. The van der Waals surface area contributed by atoms with Crippen LogP contribution in [-0.4, -0.2) is 30.5 Å². The minimum Gasteiger partial charge on any atom is -0.320 e. The molecule has 1 aromatic carbocycles. The zero-order valence-corrected chi connectivity index (χ0v) is 14.7. The number of halogens is 2. The van der Waals surface area contributed by atoms with Crippen molar-refractivity contribution in [1.29, 1.82) is 0 Å². The molecule has 1 N–H and O–H groups in total. The van der Waals surface area contributed by atoms with Gasteiger partial charge in [-0.15, -0.1) is 0 Å². The number of sulfone groups is 1. The Morgan fingerprint density at radius 3 is 2.48 bits per heavy atom. The fourth-order valence-corrected chi connectivity index (χ4v) is 2.69. The number of aromatic nitrogens is 2. The van der Waals surface area contributed by atoms with Crippen LogP contribution < -0.4 is 5.32 Å². The van der Waals surface area contributed by atoms with E-state index in [9.17, 15) is 13.2 Å². The number of nitrogens with one attached hydrogen (secondary N) is 1. The molecule has 1 amide bonds. The number of hydrogen-bond donors (Lipinski definition) is 1. The van der Waals surface area contributed by atoms with Crippen molar-refractivity contribution in [3.63, 3.8) is 0 Å².